The first-order valence-corrected chi connectivity index (χ1v) is 5.77. The van der Waals surface area contributed by atoms with Gasteiger partial charge in [-0.25, -0.2) is 0 Å². The van der Waals surface area contributed by atoms with Crippen LogP contribution in [0.1, 0.15) is 50.4 Å². The lowest BCUT2D eigenvalue weighted by molar-refractivity contribution is 0.109. The van der Waals surface area contributed by atoms with Gasteiger partial charge in [0.25, 0.3) is 0 Å². The summed E-state index contributed by atoms with van der Waals surface area (Å²) >= 11 is 0. The maximum atomic E-state index is 6.25. The summed E-state index contributed by atoms with van der Waals surface area (Å²) in [6.07, 6.45) is 5.04. The maximum absolute atomic E-state index is 6.25. The van der Waals surface area contributed by atoms with E-state index in [1.165, 1.54) is 12.8 Å². The largest absolute Gasteiger partial charge is 0.374 e. The van der Waals surface area contributed by atoms with Crippen molar-refractivity contribution in [3.8, 4) is 0 Å². The smallest absolute Gasteiger partial charge is 0.228 e. The average Bonchev–Trinajstić information content (AvgIpc) is 2.87. The van der Waals surface area contributed by atoms with Gasteiger partial charge in [0.15, 0.2) is 5.82 Å². The summed E-state index contributed by atoms with van der Waals surface area (Å²) in [6.45, 7) is 1.89. The van der Waals surface area contributed by atoms with E-state index >= 15 is 0 Å². The summed E-state index contributed by atoms with van der Waals surface area (Å²) in [5.74, 6) is 1.22. The van der Waals surface area contributed by atoms with Gasteiger partial charge in [0, 0.05) is 19.1 Å². The van der Waals surface area contributed by atoms with E-state index in [4.69, 9.17) is 15.0 Å². The van der Waals surface area contributed by atoms with Gasteiger partial charge in [-0.15, -0.1) is 0 Å². The zero-order valence-corrected chi connectivity index (χ0v) is 9.90. The number of ether oxygens (including phenoxy) is 1. The van der Waals surface area contributed by atoms with Gasteiger partial charge in [-0.3, -0.25) is 0 Å². The molecule has 2 N–H and O–H groups in total. The third kappa shape index (κ3) is 2.41. The molecule has 0 aliphatic heterocycles. The summed E-state index contributed by atoms with van der Waals surface area (Å²) in [4.78, 5) is 4.31. The Bertz CT molecular complexity index is 345. The molecule has 0 radical (unpaired) electrons. The second-order valence-electron chi connectivity index (χ2n) is 4.67. The first-order chi connectivity index (χ1) is 7.63. The van der Waals surface area contributed by atoms with Crippen LogP contribution >= 0.6 is 0 Å². The highest BCUT2D eigenvalue weighted by Gasteiger charge is 2.31. The Morgan fingerprint density at radius 2 is 2.19 bits per heavy atom. The van der Waals surface area contributed by atoms with Crippen LogP contribution in [0.25, 0.3) is 0 Å². The molecule has 90 valence electrons. The van der Waals surface area contributed by atoms with Gasteiger partial charge in [-0.05, 0) is 19.8 Å². The summed E-state index contributed by atoms with van der Waals surface area (Å²) in [7, 11) is 1.63. The van der Waals surface area contributed by atoms with E-state index in [9.17, 15) is 0 Å². The first-order valence-electron chi connectivity index (χ1n) is 5.77. The molecule has 1 aliphatic rings. The molecule has 1 atom stereocenters. The van der Waals surface area contributed by atoms with Crippen molar-refractivity contribution < 1.29 is 9.26 Å². The van der Waals surface area contributed by atoms with E-state index in [0.717, 1.165) is 12.8 Å². The van der Waals surface area contributed by atoms with Crippen molar-refractivity contribution in [2.75, 3.05) is 7.11 Å². The van der Waals surface area contributed by atoms with Crippen molar-refractivity contribution in [2.45, 2.75) is 50.7 Å². The Labute approximate surface area is 95.3 Å². The first kappa shape index (κ1) is 11.5. The van der Waals surface area contributed by atoms with Crippen molar-refractivity contribution >= 4 is 0 Å². The quantitative estimate of drug-likeness (QED) is 0.842. The molecule has 5 heteroatoms. The molecule has 1 unspecified atom stereocenters. The Balaban J connectivity index is 2.02. The lowest BCUT2D eigenvalue weighted by Gasteiger charge is -2.20. The second-order valence-corrected chi connectivity index (χ2v) is 4.67. The minimum Gasteiger partial charge on any atom is -0.374 e. The van der Waals surface area contributed by atoms with Crippen LogP contribution in [-0.4, -0.2) is 22.8 Å². The highest BCUT2D eigenvalue weighted by atomic mass is 16.5. The molecule has 1 heterocycles. The Morgan fingerprint density at radius 1 is 1.50 bits per heavy atom. The van der Waals surface area contributed by atoms with Crippen molar-refractivity contribution in [2.24, 2.45) is 5.73 Å². The van der Waals surface area contributed by atoms with Gasteiger partial charge >= 0.3 is 0 Å². The zero-order valence-electron chi connectivity index (χ0n) is 9.90. The Kier molecular flexibility index (Phi) is 3.25. The molecule has 0 amide bonds. The number of rotatable bonds is 4. The van der Waals surface area contributed by atoms with Crippen molar-refractivity contribution in [1.29, 1.82) is 0 Å². The fourth-order valence-corrected chi connectivity index (χ4v) is 2.17. The Hall–Kier alpha value is -0.940. The van der Waals surface area contributed by atoms with E-state index in [1.807, 2.05) is 6.92 Å². The lowest BCUT2D eigenvalue weighted by atomic mass is 9.95. The van der Waals surface area contributed by atoms with Gasteiger partial charge in [-0.2, -0.15) is 4.98 Å². The Morgan fingerprint density at radius 3 is 2.81 bits per heavy atom. The van der Waals surface area contributed by atoms with Crippen LogP contribution in [0.2, 0.25) is 0 Å². The van der Waals surface area contributed by atoms with E-state index in [2.05, 4.69) is 10.1 Å². The minimum atomic E-state index is -0.139. The highest BCUT2D eigenvalue weighted by Crippen LogP contribution is 2.30. The topological polar surface area (TPSA) is 74.2 Å². The van der Waals surface area contributed by atoms with Crippen LogP contribution in [0.3, 0.4) is 0 Å². The lowest BCUT2D eigenvalue weighted by Crippen LogP contribution is -2.38. The van der Waals surface area contributed by atoms with Gasteiger partial charge in [0.1, 0.15) is 6.10 Å². The van der Waals surface area contributed by atoms with Crippen LogP contribution in [0.4, 0.5) is 0 Å². The van der Waals surface area contributed by atoms with Crippen LogP contribution in [0.15, 0.2) is 4.52 Å². The van der Waals surface area contributed by atoms with E-state index in [-0.39, 0.29) is 11.6 Å². The maximum Gasteiger partial charge on any atom is 0.228 e. The SMILES string of the molecule is COC(C)c1noc(CC2(N)CCCC2)n1. The number of nitrogens with two attached hydrogens (primary N) is 1. The predicted octanol–water partition coefficient (Wildman–Crippen LogP) is 1.59. The van der Waals surface area contributed by atoms with E-state index < -0.39 is 0 Å². The molecule has 0 aromatic carbocycles. The van der Waals surface area contributed by atoms with E-state index in [0.29, 0.717) is 18.1 Å². The van der Waals surface area contributed by atoms with Crippen molar-refractivity contribution in [3.05, 3.63) is 11.7 Å². The molecule has 1 aromatic rings. The molecule has 1 aliphatic carbocycles. The van der Waals surface area contributed by atoms with Crippen LogP contribution in [0.5, 0.6) is 0 Å². The standard InChI is InChI=1S/C11H19N3O2/c1-8(15-2)10-13-9(16-14-10)7-11(12)5-3-4-6-11/h8H,3-7,12H2,1-2H3. The van der Waals surface area contributed by atoms with Crippen molar-refractivity contribution in [3.63, 3.8) is 0 Å². The average molecular weight is 225 g/mol. The molecule has 0 saturated heterocycles. The molecule has 1 fully saturated rings. The summed E-state index contributed by atoms with van der Waals surface area (Å²) in [5.41, 5.74) is 6.11. The fraction of sp³-hybridized carbons (Fsp3) is 0.818. The molecule has 16 heavy (non-hydrogen) atoms. The number of nitrogens with zero attached hydrogens (tertiary/aromatic N) is 2. The van der Waals surface area contributed by atoms with Gasteiger partial charge < -0.3 is 15.0 Å². The number of methoxy groups -OCH3 is 1. The monoisotopic (exact) mass is 225 g/mol. The summed E-state index contributed by atoms with van der Waals surface area (Å²) in [5, 5.41) is 3.89. The molecule has 1 saturated carbocycles. The highest BCUT2D eigenvalue weighted by molar-refractivity contribution is 4.99. The number of aromatic nitrogens is 2. The number of hydrogen-bond acceptors (Lipinski definition) is 5. The van der Waals surface area contributed by atoms with Gasteiger partial charge in [0.05, 0.1) is 0 Å². The normalized spacial score (nSPS) is 21.2. The van der Waals surface area contributed by atoms with Crippen LogP contribution < -0.4 is 5.73 Å². The predicted molar refractivity (Wildman–Crippen MR) is 58.8 cm³/mol. The van der Waals surface area contributed by atoms with E-state index in [1.54, 1.807) is 7.11 Å². The van der Waals surface area contributed by atoms with Gasteiger partial charge in [0.2, 0.25) is 5.89 Å². The molecule has 0 bridgehead atoms. The third-order valence-electron chi connectivity index (χ3n) is 3.30. The molecule has 0 spiro atoms. The molecular formula is C11H19N3O2. The van der Waals surface area contributed by atoms with Crippen LogP contribution in [0, 0.1) is 0 Å². The van der Waals surface area contributed by atoms with Crippen LogP contribution in [-0.2, 0) is 11.2 Å². The number of hydrogen-bond donors (Lipinski definition) is 1. The summed E-state index contributed by atoms with van der Waals surface area (Å²) in [6, 6.07) is 0. The van der Waals surface area contributed by atoms with Crippen molar-refractivity contribution in [1.82, 2.24) is 10.1 Å². The fourth-order valence-electron chi connectivity index (χ4n) is 2.17. The zero-order chi connectivity index (χ0) is 11.6. The van der Waals surface area contributed by atoms with Gasteiger partial charge in [-0.1, -0.05) is 18.0 Å². The third-order valence-corrected chi connectivity index (χ3v) is 3.30. The molecule has 2 rings (SSSR count). The second kappa shape index (κ2) is 4.51. The molecule has 1 aromatic heterocycles. The minimum absolute atomic E-state index is 0.130. The summed E-state index contributed by atoms with van der Waals surface area (Å²) < 4.78 is 10.3. The molecular weight excluding hydrogens is 206 g/mol. The molecule has 5 nitrogen and oxygen atoms in total.